The normalized spacial score (nSPS) is 14.9. The maximum atomic E-state index is 9.84. The summed E-state index contributed by atoms with van der Waals surface area (Å²) in [7, 11) is 3.93. The number of nitrogens with zero attached hydrogens (tertiary/aromatic N) is 3. The van der Waals surface area contributed by atoms with Crippen LogP contribution in [0.2, 0.25) is 0 Å². The van der Waals surface area contributed by atoms with Crippen molar-refractivity contribution >= 4 is 0 Å². The Morgan fingerprint density at radius 2 is 2.35 bits per heavy atom. The lowest BCUT2D eigenvalue weighted by Gasteiger charge is -2.26. The largest absolute Gasteiger partial charge is 0.392 e. The third-order valence-electron chi connectivity index (χ3n) is 3.07. The first-order chi connectivity index (χ1) is 8.04. The monoisotopic (exact) mass is 237 g/mol. The summed E-state index contributed by atoms with van der Waals surface area (Å²) in [6.45, 7) is 6.45. The van der Waals surface area contributed by atoms with E-state index in [-0.39, 0.29) is 12.1 Å². The van der Waals surface area contributed by atoms with E-state index in [0.29, 0.717) is 6.54 Å². The van der Waals surface area contributed by atoms with Crippen molar-refractivity contribution < 1.29 is 5.11 Å². The molecule has 0 amide bonds. The molecule has 1 heterocycles. The van der Waals surface area contributed by atoms with Gasteiger partial charge >= 0.3 is 0 Å². The first-order valence-corrected chi connectivity index (χ1v) is 6.02. The van der Waals surface area contributed by atoms with Crippen LogP contribution in [0.3, 0.4) is 0 Å². The zero-order chi connectivity index (χ0) is 12.8. The molecule has 1 aromatic heterocycles. The van der Waals surface area contributed by atoms with Crippen LogP contribution in [0.25, 0.3) is 0 Å². The lowest BCUT2D eigenvalue weighted by Crippen LogP contribution is -2.31. The van der Waals surface area contributed by atoms with Gasteiger partial charge in [0.1, 0.15) is 0 Å². The Labute approximate surface area is 104 Å². The molecule has 0 aromatic carbocycles. The number of likely N-dealkylation sites (N-methyl/N-ethyl adjacent to an activating group) is 1. The molecule has 0 aliphatic heterocycles. The van der Waals surface area contributed by atoms with E-state index in [0.717, 1.165) is 12.8 Å². The number of aromatic nitrogens is 2. The highest BCUT2D eigenvalue weighted by Crippen LogP contribution is 2.18. The molecule has 0 fully saturated rings. The number of aliphatic hydroxyl groups excluding tert-OH is 1. The fraction of sp³-hybridized carbons (Fsp3) is 0.615. The van der Waals surface area contributed by atoms with Crippen LogP contribution in [0.15, 0.2) is 25.0 Å². The third-order valence-corrected chi connectivity index (χ3v) is 3.07. The van der Waals surface area contributed by atoms with E-state index in [1.807, 2.05) is 32.6 Å². The maximum Gasteiger partial charge on any atom is 0.0670 e. The average Bonchev–Trinajstić information content (AvgIpc) is 2.72. The Morgan fingerprint density at radius 1 is 1.65 bits per heavy atom. The van der Waals surface area contributed by atoms with Crippen LogP contribution in [-0.2, 0) is 7.05 Å². The van der Waals surface area contributed by atoms with E-state index < -0.39 is 0 Å². The van der Waals surface area contributed by atoms with Gasteiger partial charge in [-0.25, -0.2) is 0 Å². The van der Waals surface area contributed by atoms with Crippen molar-refractivity contribution in [1.29, 1.82) is 0 Å². The molecule has 2 unspecified atom stereocenters. The molecule has 0 radical (unpaired) electrons. The maximum absolute atomic E-state index is 9.84. The Balaban J connectivity index is 2.46. The lowest BCUT2D eigenvalue weighted by molar-refractivity contribution is 0.102. The first-order valence-electron chi connectivity index (χ1n) is 6.02. The summed E-state index contributed by atoms with van der Waals surface area (Å²) in [4.78, 5) is 2.14. The molecule has 0 aliphatic rings. The van der Waals surface area contributed by atoms with Crippen molar-refractivity contribution in [2.75, 3.05) is 13.6 Å². The highest BCUT2D eigenvalue weighted by Gasteiger charge is 2.16. The fourth-order valence-electron chi connectivity index (χ4n) is 1.80. The standard InChI is InChI=1S/C13H23N3O/c1-5-6-7-13(17)10-15(3)11(2)12-8-14-16(4)9-12/h5,8-9,11,13,17H,1,6-7,10H2,2-4H3. The second kappa shape index (κ2) is 6.57. The highest BCUT2D eigenvalue weighted by molar-refractivity contribution is 5.09. The quantitative estimate of drug-likeness (QED) is 0.734. The Bertz CT molecular complexity index is 348. The number of hydrogen-bond acceptors (Lipinski definition) is 3. The van der Waals surface area contributed by atoms with Crippen LogP contribution in [0, 0.1) is 0 Å². The lowest BCUT2D eigenvalue weighted by atomic mass is 10.1. The fourth-order valence-corrected chi connectivity index (χ4v) is 1.80. The molecular weight excluding hydrogens is 214 g/mol. The van der Waals surface area contributed by atoms with E-state index in [1.54, 1.807) is 4.68 Å². The Morgan fingerprint density at radius 3 is 2.88 bits per heavy atom. The van der Waals surface area contributed by atoms with E-state index in [9.17, 15) is 5.11 Å². The summed E-state index contributed by atoms with van der Waals surface area (Å²) >= 11 is 0. The third kappa shape index (κ3) is 4.32. The van der Waals surface area contributed by atoms with Gasteiger partial charge in [0.15, 0.2) is 0 Å². The van der Waals surface area contributed by atoms with E-state index in [1.165, 1.54) is 5.56 Å². The van der Waals surface area contributed by atoms with Crippen molar-refractivity contribution in [3.05, 3.63) is 30.6 Å². The van der Waals surface area contributed by atoms with Gasteiger partial charge in [-0.05, 0) is 26.8 Å². The van der Waals surface area contributed by atoms with Crippen LogP contribution in [-0.4, -0.2) is 39.5 Å². The molecule has 0 saturated heterocycles. The Hall–Kier alpha value is -1.13. The van der Waals surface area contributed by atoms with Gasteiger partial charge in [0.05, 0.1) is 12.3 Å². The molecule has 4 heteroatoms. The molecule has 1 rings (SSSR count). The highest BCUT2D eigenvalue weighted by atomic mass is 16.3. The van der Waals surface area contributed by atoms with Crippen LogP contribution in [0.5, 0.6) is 0 Å². The van der Waals surface area contributed by atoms with Crippen LogP contribution in [0.1, 0.15) is 31.4 Å². The molecule has 2 atom stereocenters. The summed E-state index contributed by atoms with van der Waals surface area (Å²) in [5.41, 5.74) is 1.17. The topological polar surface area (TPSA) is 41.3 Å². The minimum absolute atomic E-state index is 0.266. The van der Waals surface area contributed by atoms with Gasteiger partial charge < -0.3 is 5.11 Å². The summed E-state index contributed by atoms with van der Waals surface area (Å²) in [5.74, 6) is 0. The Kier molecular flexibility index (Phi) is 5.38. The van der Waals surface area contributed by atoms with Crippen LogP contribution in [0.4, 0.5) is 0 Å². The molecule has 1 aromatic rings. The van der Waals surface area contributed by atoms with Crippen LogP contribution < -0.4 is 0 Å². The molecular formula is C13H23N3O. The predicted octanol–water partition coefficient (Wildman–Crippen LogP) is 1.74. The molecule has 0 spiro atoms. The van der Waals surface area contributed by atoms with E-state index in [2.05, 4.69) is 23.5 Å². The van der Waals surface area contributed by atoms with Gasteiger partial charge in [-0.15, -0.1) is 6.58 Å². The second-order valence-corrected chi connectivity index (χ2v) is 4.58. The van der Waals surface area contributed by atoms with Gasteiger partial charge in [-0.3, -0.25) is 9.58 Å². The van der Waals surface area contributed by atoms with Gasteiger partial charge in [-0.2, -0.15) is 5.10 Å². The molecule has 17 heavy (non-hydrogen) atoms. The summed E-state index contributed by atoms with van der Waals surface area (Å²) < 4.78 is 1.80. The predicted molar refractivity (Wildman–Crippen MR) is 69.7 cm³/mol. The van der Waals surface area contributed by atoms with Gasteiger partial charge in [-0.1, -0.05) is 6.08 Å². The van der Waals surface area contributed by atoms with Crippen molar-refractivity contribution in [2.45, 2.75) is 31.9 Å². The smallest absolute Gasteiger partial charge is 0.0670 e. The zero-order valence-corrected chi connectivity index (χ0v) is 11.0. The molecule has 4 nitrogen and oxygen atoms in total. The van der Waals surface area contributed by atoms with Crippen LogP contribution >= 0.6 is 0 Å². The first kappa shape index (κ1) is 13.9. The molecule has 96 valence electrons. The number of allylic oxidation sites excluding steroid dienone is 1. The van der Waals surface area contributed by atoms with E-state index >= 15 is 0 Å². The van der Waals surface area contributed by atoms with Crippen molar-refractivity contribution in [1.82, 2.24) is 14.7 Å². The van der Waals surface area contributed by atoms with E-state index in [4.69, 9.17) is 0 Å². The zero-order valence-electron chi connectivity index (χ0n) is 11.0. The summed E-state index contributed by atoms with van der Waals surface area (Å²) in [5, 5.41) is 14.0. The SMILES string of the molecule is C=CCCC(O)CN(C)C(C)c1cnn(C)c1. The minimum atomic E-state index is -0.294. The molecule has 1 N–H and O–H groups in total. The number of rotatable bonds is 7. The van der Waals surface area contributed by atoms with Gasteiger partial charge in [0, 0.05) is 31.4 Å². The second-order valence-electron chi connectivity index (χ2n) is 4.58. The molecule has 0 saturated carbocycles. The average molecular weight is 237 g/mol. The summed E-state index contributed by atoms with van der Waals surface area (Å²) in [6.07, 6.45) is 7.06. The summed E-state index contributed by atoms with van der Waals surface area (Å²) in [6, 6.07) is 0.266. The minimum Gasteiger partial charge on any atom is -0.392 e. The van der Waals surface area contributed by atoms with Gasteiger partial charge in [0.2, 0.25) is 0 Å². The van der Waals surface area contributed by atoms with Crippen molar-refractivity contribution in [3.63, 3.8) is 0 Å². The number of aryl methyl sites for hydroxylation is 1. The van der Waals surface area contributed by atoms with Crippen molar-refractivity contribution in [3.8, 4) is 0 Å². The van der Waals surface area contributed by atoms with Gasteiger partial charge in [0.25, 0.3) is 0 Å². The number of aliphatic hydroxyl groups is 1. The molecule has 0 bridgehead atoms. The number of hydrogen-bond donors (Lipinski definition) is 1. The molecule has 0 aliphatic carbocycles. The van der Waals surface area contributed by atoms with Crippen molar-refractivity contribution in [2.24, 2.45) is 7.05 Å².